The maximum absolute atomic E-state index is 11.1. The van der Waals surface area contributed by atoms with Crippen LogP contribution in [0.4, 0.5) is 0 Å². The molecule has 0 aromatic rings. The predicted octanol–water partition coefficient (Wildman–Crippen LogP) is 1.54. The zero-order chi connectivity index (χ0) is 10.5. The second-order valence-corrected chi connectivity index (χ2v) is 4.64. The summed E-state index contributed by atoms with van der Waals surface area (Å²) in [5.41, 5.74) is 0. The van der Waals surface area contributed by atoms with E-state index in [1.165, 1.54) is 7.11 Å². The number of methoxy groups -OCH3 is 1. The number of nitrogens with one attached hydrogen (secondary N) is 1. The van der Waals surface area contributed by atoms with Crippen LogP contribution in [0.25, 0.3) is 0 Å². The second kappa shape index (κ2) is 5.45. The Morgan fingerprint density at radius 2 is 2.15 bits per heavy atom. The van der Waals surface area contributed by atoms with Crippen LogP contribution in [0.2, 0.25) is 0 Å². The van der Waals surface area contributed by atoms with Gasteiger partial charge in [0, 0.05) is 4.87 Å². The largest absolute Gasteiger partial charge is 0.468 e. The highest BCUT2D eigenvalue weighted by atomic mass is 35.5. The number of ether oxygens (including phenoxy) is 1. The van der Waals surface area contributed by atoms with Crippen LogP contribution in [0.1, 0.15) is 26.7 Å². The van der Waals surface area contributed by atoms with Gasteiger partial charge in [0.05, 0.1) is 7.11 Å². The Kier molecular flexibility index (Phi) is 5.33. The monoisotopic (exact) mass is 207 g/mol. The van der Waals surface area contributed by atoms with Gasteiger partial charge in [-0.15, -0.1) is 11.6 Å². The summed E-state index contributed by atoms with van der Waals surface area (Å²) in [7, 11) is 3.13. The lowest BCUT2D eigenvalue weighted by Crippen LogP contribution is -2.36. The summed E-state index contributed by atoms with van der Waals surface area (Å²) in [6.07, 6.45) is 1.47. The molecule has 0 heterocycles. The number of carbonyl (C=O) groups is 1. The molecule has 0 spiro atoms. The van der Waals surface area contributed by atoms with Crippen molar-refractivity contribution in [1.29, 1.82) is 0 Å². The van der Waals surface area contributed by atoms with Gasteiger partial charge in [-0.2, -0.15) is 0 Å². The van der Waals surface area contributed by atoms with Gasteiger partial charge in [-0.05, 0) is 33.7 Å². The number of rotatable bonds is 5. The summed E-state index contributed by atoms with van der Waals surface area (Å²) in [5.74, 6) is -0.233. The van der Waals surface area contributed by atoms with Crippen molar-refractivity contribution in [2.45, 2.75) is 37.6 Å². The molecule has 0 aliphatic rings. The Balaban J connectivity index is 3.93. The van der Waals surface area contributed by atoms with E-state index in [9.17, 15) is 4.79 Å². The molecule has 0 saturated heterocycles. The molecule has 0 amide bonds. The minimum absolute atomic E-state index is 0.233. The average Bonchev–Trinajstić information content (AvgIpc) is 2.03. The van der Waals surface area contributed by atoms with Crippen LogP contribution in [-0.4, -0.2) is 31.0 Å². The molecule has 78 valence electrons. The zero-order valence-electron chi connectivity index (χ0n) is 8.69. The average molecular weight is 208 g/mol. The molecule has 3 nitrogen and oxygen atoms in total. The van der Waals surface area contributed by atoms with E-state index in [-0.39, 0.29) is 16.9 Å². The Hall–Kier alpha value is -0.280. The van der Waals surface area contributed by atoms with Crippen molar-refractivity contribution in [2.75, 3.05) is 14.2 Å². The lowest BCUT2D eigenvalue weighted by molar-refractivity contribution is -0.143. The predicted molar refractivity (Wildman–Crippen MR) is 54.0 cm³/mol. The van der Waals surface area contributed by atoms with E-state index in [1.54, 1.807) is 7.05 Å². The van der Waals surface area contributed by atoms with Gasteiger partial charge in [0.1, 0.15) is 6.04 Å². The molecule has 1 unspecified atom stereocenters. The number of hydrogen-bond acceptors (Lipinski definition) is 3. The van der Waals surface area contributed by atoms with E-state index in [4.69, 9.17) is 11.6 Å². The standard InChI is InChI=1S/C9H18ClNO2/c1-9(2,10)6-5-7(11-3)8(12)13-4/h7,11H,5-6H2,1-4H3. The van der Waals surface area contributed by atoms with Gasteiger partial charge in [-0.1, -0.05) is 0 Å². The lowest BCUT2D eigenvalue weighted by atomic mass is 10.0. The molecular weight excluding hydrogens is 190 g/mol. The summed E-state index contributed by atoms with van der Waals surface area (Å²) in [6, 6.07) is -0.247. The van der Waals surface area contributed by atoms with Crippen molar-refractivity contribution in [3.8, 4) is 0 Å². The third-order valence-electron chi connectivity index (χ3n) is 1.86. The molecule has 0 aromatic carbocycles. The van der Waals surface area contributed by atoms with Crippen LogP contribution in [-0.2, 0) is 9.53 Å². The number of halogens is 1. The van der Waals surface area contributed by atoms with Gasteiger partial charge in [0.2, 0.25) is 0 Å². The first kappa shape index (κ1) is 12.7. The molecule has 13 heavy (non-hydrogen) atoms. The molecule has 0 aliphatic carbocycles. The quantitative estimate of drug-likeness (QED) is 0.549. The van der Waals surface area contributed by atoms with E-state index in [0.717, 1.165) is 6.42 Å². The Morgan fingerprint density at radius 3 is 2.46 bits per heavy atom. The molecule has 0 aromatic heterocycles. The van der Waals surface area contributed by atoms with Crippen molar-refractivity contribution in [3.05, 3.63) is 0 Å². The molecule has 0 saturated carbocycles. The maximum atomic E-state index is 11.1. The van der Waals surface area contributed by atoms with E-state index in [2.05, 4.69) is 10.1 Å². The molecular formula is C9H18ClNO2. The third-order valence-corrected chi connectivity index (χ3v) is 2.05. The highest BCUT2D eigenvalue weighted by Gasteiger charge is 2.21. The highest BCUT2D eigenvalue weighted by Crippen LogP contribution is 2.20. The number of hydrogen-bond donors (Lipinski definition) is 1. The van der Waals surface area contributed by atoms with E-state index >= 15 is 0 Å². The lowest BCUT2D eigenvalue weighted by Gasteiger charge is -2.19. The van der Waals surface area contributed by atoms with Gasteiger partial charge in [-0.25, -0.2) is 0 Å². The van der Waals surface area contributed by atoms with Crippen LogP contribution in [0.3, 0.4) is 0 Å². The molecule has 1 N–H and O–H groups in total. The second-order valence-electron chi connectivity index (χ2n) is 3.62. The summed E-state index contributed by atoms with van der Waals surface area (Å²) >= 11 is 6.00. The van der Waals surface area contributed by atoms with E-state index < -0.39 is 0 Å². The summed E-state index contributed by atoms with van der Waals surface area (Å²) in [4.78, 5) is 10.9. The molecule has 0 bridgehead atoms. The normalized spacial score (nSPS) is 13.9. The van der Waals surface area contributed by atoms with Crippen molar-refractivity contribution >= 4 is 17.6 Å². The first-order valence-corrected chi connectivity index (χ1v) is 4.72. The molecule has 0 aliphatic heterocycles. The van der Waals surface area contributed by atoms with Crippen LogP contribution in [0.15, 0.2) is 0 Å². The minimum Gasteiger partial charge on any atom is -0.468 e. The van der Waals surface area contributed by atoms with Gasteiger partial charge >= 0.3 is 5.97 Å². The Bertz CT molecular complexity index is 165. The van der Waals surface area contributed by atoms with Gasteiger partial charge in [0.15, 0.2) is 0 Å². The number of alkyl halides is 1. The fourth-order valence-corrected chi connectivity index (χ4v) is 1.12. The first-order valence-electron chi connectivity index (χ1n) is 4.34. The van der Waals surface area contributed by atoms with Gasteiger partial charge < -0.3 is 10.1 Å². The van der Waals surface area contributed by atoms with Crippen LogP contribution in [0, 0.1) is 0 Å². The molecule has 0 fully saturated rings. The fourth-order valence-electron chi connectivity index (χ4n) is 1.01. The highest BCUT2D eigenvalue weighted by molar-refractivity contribution is 6.23. The van der Waals surface area contributed by atoms with Crippen molar-refractivity contribution in [3.63, 3.8) is 0 Å². The summed E-state index contributed by atoms with van der Waals surface area (Å²) < 4.78 is 4.62. The topological polar surface area (TPSA) is 38.3 Å². The molecule has 4 heteroatoms. The molecule has 1 atom stereocenters. The summed E-state index contributed by atoms with van der Waals surface area (Å²) in [6.45, 7) is 3.86. The number of carbonyl (C=O) groups excluding carboxylic acids is 1. The SMILES string of the molecule is CNC(CCC(C)(C)Cl)C(=O)OC. The van der Waals surface area contributed by atoms with Gasteiger partial charge in [0.25, 0.3) is 0 Å². The van der Waals surface area contributed by atoms with Crippen LogP contribution < -0.4 is 5.32 Å². The van der Waals surface area contributed by atoms with Gasteiger partial charge in [-0.3, -0.25) is 4.79 Å². The first-order chi connectivity index (χ1) is 5.90. The third kappa shape index (κ3) is 5.88. The van der Waals surface area contributed by atoms with Crippen LogP contribution >= 0.6 is 11.6 Å². The van der Waals surface area contributed by atoms with Crippen molar-refractivity contribution in [1.82, 2.24) is 5.32 Å². The molecule has 0 rings (SSSR count). The van der Waals surface area contributed by atoms with Crippen LogP contribution in [0.5, 0.6) is 0 Å². The van der Waals surface area contributed by atoms with Crippen molar-refractivity contribution < 1.29 is 9.53 Å². The Labute approximate surface area is 84.8 Å². The minimum atomic E-state index is -0.261. The fraction of sp³-hybridized carbons (Fsp3) is 0.889. The zero-order valence-corrected chi connectivity index (χ0v) is 9.44. The number of likely N-dealkylation sites (N-methyl/N-ethyl adjacent to an activating group) is 1. The smallest absolute Gasteiger partial charge is 0.322 e. The number of esters is 1. The Morgan fingerprint density at radius 1 is 1.62 bits per heavy atom. The van der Waals surface area contributed by atoms with E-state index in [0.29, 0.717) is 6.42 Å². The summed E-state index contributed by atoms with van der Waals surface area (Å²) in [5, 5.41) is 2.89. The maximum Gasteiger partial charge on any atom is 0.322 e. The van der Waals surface area contributed by atoms with E-state index in [1.807, 2.05) is 13.8 Å². The molecule has 0 radical (unpaired) electrons. The van der Waals surface area contributed by atoms with Crippen molar-refractivity contribution in [2.24, 2.45) is 0 Å².